The van der Waals surface area contributed by atoms with E-state index in [4.69, 9.17) is 11.6 Å². The van der Waals surface area contributed by atoms with Crippen molar-refractivity contribution in [2.75, 3.05) is 0 Å². The van der Waals surface area contributed by atoms with E-state index < -0.39 is 0 Å². The first-order chi connectivity index (χ1) is 8.25. The van der Waals surface area contributed by atoms with E-state index in [0.717, 1.165) is 16.7 Å². The maximum absolute atomic E-state index is 11.4. The predicted octanol–water partition coefficient (Wildman–Crippen LogP) is 2.97. The third kappa shape index (κ3) is 1.65. The van der Waals surface area contributed by atoms with Gasteiger partial charge < -0.3 is 0 Å². The Kier molecular flexibility index (Phi) is 2.27. The van der Waals surface area contributed by atoms with Crippen LogP contribution < -0.4 is 0 Å². The Hall–Kier alpha value is -2.00. The van der Waals surface area contributed by atoms with Crippen LogP contribution in [0.2, 0.25) is 5.02 Å². The lowest BCUT2D eigenvalue weighted by Gasteiger charge is -2.05. The summed E-state index contributed by atoms with van der Waals surface area (Å²) in [5.74, 6) is -0.233. The first-order valence-corrected chi connectivity index (χ1v) is 5.46. The van der Waals surface area contributed by atoms with Gasteiger partial charge >= 0.3 is 0 Å². The smallest absolute Gasteiger partial charge is 0.267 e. The van der Waals surface area contributed by atoms with E-state index in [1.807, 2.05) is 24.3 Å². The van der Waals surface area contributed by atoms with Crippen molar-refractivity contribution in [2.24, 2.45) is 4.99 Å². The number of carbonyl (C=O) groups excluding carboxylic acids is 1. The van der Waals surface area contributed by atoms with Gasteiger partial charge in [0.1, 0.15) is 0 Å². The zero-order valence-corrected chi connectivity index (χ0v) is 9.48. The highest BCUT2D eigenvalue weighted by atomic mass is 35.5. The largest absolute Gasteiger partial charge is 0.279 e. The third-order valence-corrected chi connectivity index (χ3v) is 2.94. The van der Waals surface area contributed by atoms with Crippen LogP contribution in [-0.4, -0.2) is 17.1 Å². The highest BCUT2D eigenvalue weighted by Crippen LogP contribution is 2.27. The molecule has 0 atom stereocenters. The van der Waals surface area contributed by atoms with E-state index >= 15 is 0 Å². The summed E-state index contributed by atoms with van der Waals surface area (Å²) in [4.78, 5) is 19.3. The number of hydrogen-bond acceptors (Lipinski definition) is 2. The summed E-state index contributed by atoms with van der Waals surface area (Å²) >= 11 is 5.84. The molecule has 1 aromatic heterocycles. The van der Waals surface area contributed by atoms with Gasteiger partial charge in [0.25, 0.3) is 5.91 Å². The molecular weight excluding hydrogens is 236 g/mol. The topological polar surface area (TPSA) is 42.3 Å². The number of aliphatic imine (C=N–C) groups is 1. The van der Waals surface area contributed by atoms with Crippen LogP contribution in [0.5, 0.6) is 0 Å². The lowest BCUT2D eigenvalue weighted by Crippen LogP contribution is -1.95. The SMILES string of the molecule is O=C1N=Cc2c1cncc2-c1ccc(Cl)cc1. The Morgan fingerprint density at radius 1 is 1.00 bits per heavy atom. The molecule has 17 heavy (non-hydrogen) atoms. The minimum absolute atomic E-state index is 0.233. The summed E-state index contributed by atoms with van der Waals surface area (Å²) in [6, 6.07) is 7.42. The third-order valence-electron chi connectivity index (χ3n) is 2.68. The van der Waals surface area contributed by atoms with E-state index in [9.17, 15) is 4.79 Å². The molecule has 82 valence electrons. The van der Waals surface area contributed by atoms with Gasteiger partial charge in [-0.2, -0.15) is 0 Å². The van der Waals surface area contributed by atoms with Crippen LogP contribution in [0.4, 0.5) is 0 Å². The lowest BCUT2D eigenvalue weighted by molar-refractivity contribution is 0.101. The zero-order valence-electron chi connectivity index (χ0n) is 8.72. The Balaban J connectivity index is 2.20. The number of nitrogens with zero attached hydrogens (tertiary/aromatic N) is 2. The Bertz CT molecular complexity index is 632. The molecular formula is C13H7ClN2O. The van der Waals surface area contributed by atoms with Crippen LogP contribution in [-0.2, 0) is 0 Å². The highest BCUT2D eigenvalue weighted by Gasteiger charge is 2.19. The number of carbonyl (C=O) groups is 1. The molecule has 0 aliphatic carbocycles. The van der Waals surface area contributed by atoms with E-state index in [2.05, 4.69) is 9.98 Å². The molecule has 0 spiro atoms. The summed E-state index contributed by atoms with van der Waals surface area (Å²) in [6.07, 6.45) is 4.86. The molecule has 1 aliphatic rings. The summed E-state index contributed by atoms with van der Waals surface area (Å²) in [7, 11) is 0. The second-order valence-electron chi connectivity index (χ2n) is 3.72. The molecule has 0 saturated heterocycles. The van der Waals surface area contributed by atoms with Gasteiger partial charge in [-0.05, 0) is 17.7 Å². The normalized spacial score (nSPS) is 12.9. The second-order valence-corrected chi connectivity index (χ2v) is 4.15. The van der Waals surface area contributed by atoms with Gasteiger partial charge in [-0.25, -0.2) is 4.99 Å². The Labute approximate surface area is 103 Å². The standard InChI is InChI=1S/C13H7ClN2O/c14-9-3-1-8(2-4-9)10-5-15-6-12-11(10)7-16-13(12)17/h1-7H. The number of halogens is 1. The van der Waals surface area contributed by atoms with Crippen molar-refractivity contribution in [3.8, 4) is 11.1 Å². The molecule has 0 fully saturated rings. The number of rotatable bonds is 1. The second kappa shape index (κ2) is 3.79. The minimum Gasteiger partial charge on any atom is -0.267 e. The number of pyridine rings is 1. The molecule has 3 rings (SSSR count). The van der Waals surface area contributed by atoms with E-state index in [1.54, 1.807) is 18.6 Å². The van der Waals surface area contributed by atoms with Gasteiger partial charge in [-0.15, -0.1) is 0 Å². The fourth-order valence-corrected chi connectivity index (χ4v) is 1.96. The number of fused-ring (bicyclic) bond motifs is 1. The molecule has 0 saturated carbocycles. The average Bonchev–Trinajstić information content (AvgIpc) is 2.73. The van der Waals surface area contributed by atoms with Crippen molar-refractivity contribution < 1.29 is 4.79 Å². The van der Waals surface area contributed by atoms with Crippen LogP contribution in [0.25, 0.3) is 11.1 Å². The molecule has 2 aromatic rings. The lowest BCUT2D eigenvalue weighted by atomic mass is 10.0. The first-order valence-electron chi connectivity index (χ1n) is 5.08. The number of hydrogen-bond donors (Lipinski definition) is 0. The van der Waals surface area contributed by atoms with Crippen molar-refractivity contribution in [2.45, 2.75) is 0 Å². The first kappa shape index (κ1) is 10.2. The van der Waals surface area contributed by atoms with Gasteiger partial charge in [0.05, 0.1) is 5.56 Å². The van der Waals surface area contributed by atoms with Crippen LogP contribution in [0.15, 0.2) is 41.7 Å². The summed E-state index contributed by atoms with van der Waals surface area (Å²) in [5.41, 5.74) is 3.25. The highest BCUT2D eigenvalue weighted by molar-refractivity contribution is 6.30. The monoisotopic (exact) mass is 242 g/mol. The van der Waals surface area contributed by atoms with E-state index in [1.165, 1.54) is 0 Å². The molecule has 2 heterocycles. The minimum atomic E-state index is -0.233. The Morgan fingerprint density at radius 2 is 1.71 bits per heavy atom. The number of benzene rings is 1. The van der Waals surface area contributed by atoms with E-state index in [0.29, 0.717) is 10.6 Å². The quantitative estimate of drug-likeness (QED) is 0.772. The fraction of sp³-hybridized carbons (Fsp3) is 0. The fourth-order valence-electron chi connectivity index (χ4n) is 1.83. The molecule has 0 unspecified atom stereocenters. The maximum Gasteiger partial charge on any atom is 0.279 e. The summed E-state index contributed by atoms with van der Waals surface area (Å²) in [5, 5.41) is 0.680. The average molecular weight is 243 g/mol. The van der Waals surface area contributed by atoms with Crippen LogP contribution in [0.3, 0.4) is 0 Å². The van der Waals surface area contributed by atoms with Gasteiger partial charge in [-0.1, -0.05) is 23.7 Å². The Morgan fingerprint density at radius 3 is 2.47 bits per heavy atom. The number of amides is 1. The van der Waals surface area contributed by atoms with Crippen molar-refractivity contribution in [1.82, 2.24) is 4.98 Å². The predicted molar refractivity (Wildman–Crippen MR) is 66.6 cm³/mol. The molecule has 1 aromatic carbocycles. The van der Waals surface area contributed by atoms with Crippen molar-refractivity contribution in [1.29, 1.82) is 0 Å². The molecule has 3 nitrogen and oxygen atoms in total. The maximum atomic E-state index is 11.4. The molecule has 0 N–H and O–H groups in total. The zero-order chi connectivity index (χ0) is 11.8. The van der Waals surface area contributed by atoms with Crippen LogP contribution >= 0.6 is 11.6 Å². The molecule has 0 radical (unpaired) electrons. The van der Waals surface area contributed by atoms with Gasteiger partial charge in [0, 0.05) is 34.8 Å². The summed E-state index contributed by atoms with van der Waals surface area (Å²) < 4.78 is 0. The molecule has 4 heteroatoms. The van der Waals surface area contributed by atoms with Gasteiger partial charge in [-0.3, -0.25) is 9.78 Å². The van der Waals surface area contributed by atoms with Gasteiger partial charge in [0.2, 0.25) is 0 Å². The van der Waals surface area contributed by atoms with E-state index in [-0.39, 0.29) is 5.91 Å². The van der Waals surface area contributed by atoms with Gasteiger partial charge in [0.15, 0.2) is 0 Å². The number of aromatic nitrogens is 1. The molecule has 1 aliphatic heterocycles. The van der Waals surface area contributed by atoms with Crippen molar-refractivity contribution in [3.05, 3.63) is 52.8 Å². The van der Waals surface area contributed by atoms with Crippen LogP contribution in [0, 0.1) is 0 Å². The summed E-state index contributed by atoms with van der Waals surface area (Å²) in [6.45, 7) is 0. The molecule has 1 amide bonds. The van der Waals surface area contributed by atoms with Crippen molar-refractivity contribution in [3.63, 3.8) is 0 Å². The molecule has 0 bridgehead atoms. The van der Waals surface area contributed by atoms with Crippen molar-refractivity contribution >= 4 is 23.7 Å². The van der Waals surface area contributed by atoms with Crippen LogP contribution in [0.1, 0.15) is 15.9 Å².